The summed E-state index contributed by atoms with van der Waals surface area (Å²) >= 11 is 4.24. The van der Waals surface area contributed by atoms with Gasteiger partial charge in [0.15, 0.2) is 6.61 Å². The summed E-state index contributed by atoms with van der Waals surface area (Å²) < 4.78 is 8.66. The summed E-state index contributed by atoms with van der Waals surface area (Å²) in [6, 6.07) is -0.528. The number of amides is 1. The summed E-state index contributed by atoms with van der Waals surface area (Å²) in [7, 11) is 1.22. The zero-order valence-corrected chi connectivity index (χ0v) is 16.2. The molecule has 0 aliphatic carbocycles. The Morgan fingerprint density at radius 2 is 2.38 bits per heavy atom. The molecule has 26 heavy (non-hydrogen) atoms. The van der Waals surface area contributed by atoms with E-state index in [9.17, 15) is 14.4 Å². The van der Waals surface area contributed by atoms with Crippen LogP contribution in [0.25, 0.3) is 0 Å². The van der Waals surface area contributed by atoms with Crippen LogP contribution in [-0.4, -0.2) is 85.4 Å². The average molecular weight is 420 g/mol. The lowest BCUT2D eigenvalue weighted by atomic mass is 10.0. The first-order chi connectivity index (χ1) is 12.5. The molecule has 1 aromatic rings. The van der Waals surface area contributed by atoms with Crippen molar-refractivity contribution in [2.75, 3.05) is 31.1 Å². The van der Waals surface area contributed by atoms with Crippen molar-refractivity contribution in [2.24, 2.45) is 5.73 Å². The number of fused-ring (bicyclic) bond motifs is 1. The van der Waals surface area contributed by atoms with Crippen LogP contribution in [0.3, 0.4) is 0 Å². The molecular weight excluding hydrogens is 402 g/mol. The number of carbonyl (C=O) groups is 3. The molecule has 1 amide bonds. The number of nitrogens with two attached hydrogens (primary N) is 1. The summed E-state index contributed by atoms with van der Waals surface area (Å²) in [5.41, 5.74) is 5.80. The van der Waals surface area contributed by atoms with Gasteiger partial charge >= 0.3 is 11.9 Å². The summed E-state index contributed by atoms with van der Waals surface area (Å²) in [5.74, 6) is -0.935. The van der Waals surface area contributed by atoms with E-state index < -0.39 is 29.3 Å². The summed E-state index contributed by atoms with van der Waals surface area (Å²) in [6.45, 7) is -0.263. The van der Waals surface area contributed by atoms with Gasteiger partial charge in [0.1, 0.15) is 21.2 Å². The average Bonchev–Trinajstić information content (AvgIpc) is 3.18. The second-order valence-electron chi connectivity index (χ2n) is 5.57. The molecular formula is C13H17N5O5S3. The molecule has 3 N–H and O–H groups in total. The molecule has 2 fully saturated rings. The Morgan fingerprint density at radius 1 is 1.58 bits per heavy atom. The third-order valence-electron chi connectivity index (χ3n) is 3.96. The molecule has 0 aromatic carbocycles. The van der Waals surface area contributed by atoms with E-state index in [-0.39, 0.29) is 17.8 Å². The topological polar surface area (TPSA) is 141 Å². The molecule has 2 saturated heterocycles. The molecule has 3 heterocycles. The Bertz CT molecular complexity index is 690. The highest BCUT2D eigenvalue weighted by molar-refractivity contribution is 8.17. The minimum atomic E-state index is -0.981. The van der Waals surface area contributed by atoms with Crippen molar-refractivity contribution in [3.63, 3.8) is 0 Å². The van der Waals surface area contributed by atoms with Gasteiger partial charge in [-0.05, 0) is 0 Å². The summed E-state index contributed by atoms with van der Waals surface area (Å²) in [6.07, 6.45) is 1.58. The number of hydrogen-bond acceptors (Lipinski definition) is 11. The third kappa shape index (κ3) is 3.80. The van der Waals surface area contributed by atoms with Crippen molar-refractivity contribution in [3.05, 3.63) is 6.20 Å². The van der Waals surface area contributed by atoms with Gasteiger partial charge < -0.3 is 20.1 Å². The first-order valence-electron chi connectivity index (χ1n) is 7.51. The first-order valence-corrected chi connectivity index (χ1v) is 10.5. The molecule has 0 bridgehead atoms. The maximum absolute atomic E-state index is 12.7. The van der Waals surface area contributed by atoms with Gasteiger partial charge in [-0.1, -0.05) is 17.0 Å². The Labute approximate surface area is 161 Å². The van der Waals surface area contributed by atoms with Crippen LogP contribution in [0.2, 0.25) is 0 Å². The number of thioether (sulfide) groups is 3. The number of methoxy groups -OCH3 is 1. The van der Waals surface area contributed by atoms with Crippen LogP contribution in [0.5, 0.6) is 0 Å². The highest BCUT2D eigenvalue weighted by Gasteiger charge is 2.56. The monoisotopic (exact) mass is 419 g/mol. The Kier molecular flexibility index (Phi) is 5.99. The molecule has 2 unspecified atom stereocenters. The molecule has 0 radical (unpaired) electrons. The fourth-order valence-corrected chi connectivity index (χ4v) is 6.65. The van der Waals surface area contributed by atoms with Gasteiger partial charge in [0.25, 0.3) is 0 Å². The van der Waals surface area contributed by atoms with E-state index in [1.54, 1.807) is 11.1 Å². The zero-order valence-electron chi connectivity index (χ0n) is 13.7. The van der Waals surface area contributed by atoms with E-state index in [1.807, 2.05) is 0 Å². The fraction of sp³-hybridized carbons (Fsp3) is 0.615. The van der Waals surface area contributed by atoms with Crippen LogP contribution in [0.4, 0.5) is 0 Å². The van der Waals surface area contributed by atoms with Gasteiger partial charge in [-0.25, -0.2) is 4.79 Å². The highest BCUT2D eigenvalue weighted by atomic mass is 32.2. The number of aromatic nitrogens is 3. The van der Waals surface area contributed by atoms with Gasteiger partial charge in [0.2, 0.25) is 5.91 Å². The number of nitrogens with one attached hydrogen (secondary N) is 1. The molecule has 0 spiro atoms. The molecule has 13 heteroatoms. The number of ether oxygens (including phenoxy) is 2. The highest BCUT2D eigenvalue weighted by Crippen LogP contribution is 2.45. The maximum Gasteiger partial charge on any atom is 0.344 e. The van der Waals surface area contributed by atoms with Crippen molar-refractivity contribution in [1.82, 2.24) is 20.3 Å². The van der Waals surface area contributed by atoms with Crippen molar-refractivity contribution in [3.8, 4) is 0 Å². The van der Waals surface area contributed by atoms with E-state index in [2.05, 4.69) is 20.1 Å². The van der Waals surface area contributed by atoms with Gasteiger partial charge in [-0.2, -0.15) is 0 Å². The second kappa shape index (κ2) is 8.06. The van der Waals surface area contributed by atoms with Crippen LogP contribution in [0.15, 0.2) is 11.2 Å². The Balaban J connectivity index is 1.67. The molecule has 0 saturated carbocycles. The second-order valence-corrected chi connectivity index (χ2v) is 9.41. The van der Waals surface area contributed by atoms with Crippen LogP contribution < -0.4 is 5.73 Å². The predicted octanol–water partition coefficient (Wildman–Crippen LogP) is -0.715. The largest absolute Gasteiger partial charge is 0.466 e. The number of β-lactam (4-membered cyclic amide) rings is 1. The number of aromatic amines is 1. The molecule has 10 nitrogen and oxygen atoms in total. The molecule has 3 rings (SSSR count). The number of rotatable bonds is 7. The van der Waals surface area contributed by atoms with E-state index in [4.69, 9.17) is 10.5 Å². The van der Waals surface area contributed by atoms with E-state index in [0.717, 1.165) is 5.03 Å². The quantitative estimate of drug-likeness (QED) is 0.250. The molecule has 2 aliphatic rings. The van der Waals surface area contributed by atoms with Crippen molar-refractivity contribution < 1.29 is 23.9 Å². The van der Waals surface area contributed by atoms with Crippen LogP contribution >= 0.6 is 35.3 Å². The van der Waals surface area contributed by atoms with Crippen LogP contribution in [0, 0.1) is 0 Å². The molecule has 3 atom stereocenters. The lowest BCUT2D eigenvalue weighted by Crippen LogP contribution is -2.73. The van der Waals surface area contributed by atoms with Crippen molar-refractivity contribution >= 4 is 53.1 Å². The number of hydrogen-bond donors (Lipinski definition) is 2. The van der Waals surface area contributed by atoms with Gasteiger partial charge in [0.05, 0.1) is 13.3 Å². The van der Waals surface area contributed by atoms with Crippen LogP contribution in [-0.2, 0) is 23.9 Å². The maximum atomic E-state index is 12.7. The number of H-pyrrole nitrogens is 1. The third-order valence-corrected chi connectivity index (χ3v) is 8.13. The van der Waals surface area contributed by atoms with E-state index in [1.165, 1.54) is 42.4 Å². The van der Waals surface area contributed by atoms with E-state index in [0.29, 0.717) is 10.8 Å². The fourth-order valence-electron chi connectivity index (χ4n) is 2.50. The van der Waals surface area contributed by atoms with Crippen molar-refractivity contribution in [1.29, 1.82) is 0 Å². The van der Waals surface area contributed by atoms with E-state index >= 15 is 0 Å². The standard InChI is InChI=1S/C13H17N5O5S3/c1-22-8(19)3-23-12(21)13(26-6-25-7-2-15-17-16-7)4-18-10(20)9(14)11(18)24-5-13/h2,9,11H,3-6,14H2,1H3,(H,15,16,17)/t9?,11-,13?/m1/s1. The van der Waals surface area contributed by atoms with Gasteiger partial charge in [-0.3, -0.25) is 14.7 Å². The Hall–Kier alpha value is -1.44. The molecule has 142 valence electrons. The van der Waals surface area contributed by atoms with Gasteiger partial charge in [-0.15, -0.1) is 28.6 Å². The minimum Gasteiger partial charge on any atom is -0.466 e. The summed E-state index contributed by atoms with van der Waals surface area (Å²) in [4.78, 5) is 37.6. The SMILES string of the molecule is COC(=O)COC(=O)C1(SCSc2cnn[nH]2)CS[C@@H]2C(N)C(=O)N2C1. The first kappa shape index (κ1) is 19.3. The number of carbonyl (C=O) groups excluding carboxylic acids is 3. The van der Waals surface area contributed by atoms with Crippen LogP contribution in [0.1, 0.15) is 0 Å². The minimum absolute atomic E-state index is 0.117. The smallest absolute Gasteiger partial charge is 0.344 e. The summed E-state index contributed by atoms with van der Waals surface area (Å²) in [5, 5.41) is 11.2. The number of esters is 2. The lowest BCUT2D eigenvalue weighted by molar-refractivity contribution is -0.160. The predicted molar refractivity (Wildman–Crippen MR) is 96.3 cm³/mol. The normalized spacial score (nSPS) is 27.5. The number of nitrogens with zero attached hydrogens (tertiary/aromatic N) is 3. The Morgan fingerprint density at radius 3 is 3.08 bits per heavy atom. The molecule has 1 aromatic heterocycles. The van der Waals surface area contributed by atoms with Crippen molar-refractivity contribution in [2.45, 2.75) is 21.2 Å². The molecule has 2 aliphatic heterocycles. The van der Waals surface area contributed by atoms with Gasteiger partial charge in [0, 0.05) is 17.4 Å². The zero-order chi connectivity index (χ0) is 18.7. The lowest BCUT2D eigenvalue weighted by Gasteiger charge is -2.52.